The summed E-state index contributed by atoms with van der Waals surface area (Å²) >= 11 is 0. The number of nitrogens with zero attached hydrogens (tertiary/aromatic N) is 2. The Bertz CT molecular complexity index is 916. The van der Waals surface area contributed by atoms with Crippen molar-refractivity contribution in [3.8, 4) is 5.75 Å². The molecule has 0 aliphatic heterocycles. The molecule has 1 fully saturated rings. The summed E-state index contributed by atoms with van der Waals surface area (Å²) in [5, 5.41) is 6.74. The Labute approximate surface area is 179 Å². The summed E-state index contributed by atoms with van der Waals surface area (Å²) in [6, 6.07) is 11.7. The summed E-state index contributed by atoms with van der Waals surface area (Å²) in [5.74, 6) is 2.47. The minimum atomic E-state index is 0.0678. The number of guanidine groups is 1. The molecule has 30 heavy (non-hydrogen) atoms. The normalized spacial score (nSPS) is 13.9. The average Bonchev–Trinajstić information content (AvgIpc) is 3.56. The molecule has 0 saturated heterocycles. The molecule has 2 N–H and O–H groups in total. The predicted octanol–water partition coefficient (Wildman–Crippen LogP) is 3.40. The number of nitrogens with one attached hydrogen (secondary N) is 2. The Morgan fingerprint density at radius 1 is 1.17 bits per heavy atom. The van der Waals surface area contributed by atoms with Crippen molar-refractivity contribution in [1.82, 2.24) is 15.2 Å². The number of benzene rings is 1. The van der Waals surface area contributed by atoms with Gasteiger partial charge in [0.25, 0.3) is 5.56 Å². The fourth-order valence-corrected chi connectivity index (χ4v) is 3.35. The number of hydrogen-bond acceptors (Lipinski definition) is 3. The van der Waals surface area contributed by atoms with E-state index < -0.39 is 0 Å². The highest BCUT2D eigenvalue weighted by Gasteiger charge is 2.22. The maximum absolute atomic E-state index is 11.9. The summed E-state index contributed by atoms with van der Waals surface area (Å²) in [6.45, 7) is 7.08. The number of ether oxygens (including phenoxy) is 1. The maximum Gasteiger partial charge on any atom is 0.250 e. The van der Waals surface area contributed by atoms with Crippen molar-refractivity contribution >= 4 is 5.96 Å². The molecule has 0 amide bonds. The Hall–Kier alpha value is -2.76. The van der Waals surface area contributed by atoms with Crippen LogP contribution in [0.4, 0.5) is 0 Å². The number of rotatable bonds is 10. The van der Waals surface area contributed by atoms with Gasteiger partial charge in [0.05, 0.1) is 6.61 Å². The molecule has 162 valence electrons. The lowest BCUT2D eigenvalue weighted by atomic mass is 10.1. The molecule has 0 unspecified atom stereocenters. The van der Waals surface area contributed by atoms with Crippen molar-refractivity contribution in [1.29, 1.82) is 0 Å². The minimum absolute atomic E-state index is 0.0678. The van der Waals surface area contributed by atoms with Gasteiger partial charge in [-0.3, -0.25) is 9.79 Å². The van der Waals surface area contributed by atoms with E-state index in [2.05, 4.69) is 40.7 Å². The molecular weight excluding hydrogens is 376 g/mol. The van der Waals surface area contributed by atoms with Gasteiger partial charge in [-0.25, -0.2) is 0 Å². The second kappa shape index (κ2) is 10.9. The van der Waals surface area contributed by atoms with Crippen LogP contribution in [0, 0.1) is 19.8 Å². The topological polar surface area (TPSA) is 67.7 Å². The minimum Gasteiger partial charge on any atom is -0.493 e. The Balaban J connectivity index is 1.42. The Kier molecular flexibility index (Phi) is 7.94. The van der Waals surface area contributed by atoms with Crippen LogP contribution in [0.15, 0.2) is 46.2 Å². The van der Waals surface area contributed by atoms with E-state index in [0.717, 1.165) is 61.4 Å². The van der Waals surface area contributed by atoms with Crippen LogP contribution < -0.4 is 20.9 Å². The lowest BCUT2D eigenvalue weighted by Gasteiger charge is -2.15. The van der Waals surface area contributed by atoms with E-state index in [1.807, 2.05) is 23.6 Å². The van der Waals surface area contributed by atoms with Crippen LogP contribution in [0.25, 0.3) is 0 Å². The molecule has 0 atom stereocenters. The average molecular weight is 411 g/mol. The number of aryl methyl sites for hydroxylation is 2. The molecule has 6 nitrogen and oxygen atoms in total. The van der Waals surface area contributed by atoms with E-state index in [4.69, 9.17) is 4.74 Å². The van der Waals surface area contributed by atoms with Gasteiger partial charge >= 0.3 is 0 Å². The number of aromatic nitrogens is 1. The molecule has 6 heteroatoms. The first-order chi connectivity index (χ1) is 14.6. The summed E-state index contributed by atoms with van der Waals surface area (Å²) in [4.78, 5) is 16.2. The van der Waals surface area contributed by atoms with Gasteiger partial charge in [0.2, 0.25) is 0 Å². The van der Waals surface area contributed by atoms with Crippen molar-refractivity contribution in [3.05, 3.63) is 63.6 Å². The summed E-state index contributed by atoms with van der Waals surface area (Å²) in [5.41, 5.74) is 3.42. The maximum atomic E-state index is 11.9. The molecule has 1 aliphatic carbocycles. The largest absolute Gasteiger partial charge is 0.493 e. The molecule has 1 heterocycles. The molecule has 3 rings (SSSR count). The van der Waals surface area contributed by atoms with Crippen LogP contribution in [0.5, 0.6) is 5.75 Å². The fourth-order valence-electron chi connectivity index (χ4n) is 3.35. The van der Waals surface area contributed by atoms with Crippen LogP contribution in [-0.4, -0.2) is 30.7 Å². The third-order valence-electron chi connectivity index (χ3n) is 5.43. The van der Waals surface area contributed by atoms with E-state index >= 15 is 0 Å². The molecule has 0 spiro atoms. The summed E-state index contributed by atoms with van der Waals surface area (Å²) < 4.78 is 7.88. The van der Waals surface area contributed by atoms with Gasteiger partial charge in [0, 0.05) is 44.0 Å². The van der Waals surface area contributed by atoms with Gasteiger partial charge < -0.3 is 19.9 Å². The van der Waals surface area contributed by atoms with E-state index in [9.17, 15) is 4.79 Å². The zero-order chi connectivity index (χ0) is 21.3. The van der Waals surface area contributed by atoms with Crippen molar-refractivity contribution in [2.45, 2.75) is 52.6 Å². The van der Waals surface area contributed by atoms with Gasteiger partial charge in [-0.1, -0.05) is 18.2 Å². The summed E-state index contributed by atoms with van der Waals surface area (Å²) in [7, 11) is 1.78. The van der Waals surface area contributed by atoms with Gasteiger partial charge in [-0.15, -0.1) is 0 Å². The smallest absolute Gasteiger partial charge is 0.250 e. The highest BCUT2D eigenvalue weighted by atomic mass is 16.5. The third-order valence-corrected chi connectivity index (χ3v) is 5.43. The first-order valence-electron chi connectivity index (χ1n) is 10.9. The van der Waals surface area contributed by atoms with Gasteiger partial charge in [-0.05, 0) is 63.1 Å². The Morgan fingerprint density at radius 2 is 2.00 bits per heavy atom. The molecule has 1 aromatic heterocycles. The van der Waals surface area contributed by atoms with Crippen LogP contribution in [0.2, 0.25) is 0 Å². The van der Waals surface area contributed by atoms with Gasteiger partial charge in [-0.2, -0.15) is 0 Å². The van der Waals surface area contributed by atoms with E-state index in [-0.39, 0.29) is 5.56 Å². The van der Waals surface area contributed by atoms with E-state index in [1.165, 1.54) is 18.4 Å². The van der Waals surface area contributed by atoms with Crippen molar-refractivity contribution in [3.63, 3.8) is 0 Å². The first kappa shape index (κ1) is 21.9. The monoisotopic (exact) mass is 410 g/mol. The first-order valence-corrected chi connectivity index (χ1v) is 10.9. The lowest BCUT2D eigenvalue weighted by molar-refractivity contribution is 0.296. The van der Waals surface area contributed by atoms with E-state index in [1.54, 1.807) is 13.1 Å². The van der Waals surface area contributed by atoms with Crippen LogP contribution in [0.1, 0.15) is 42.5 Å². The second-order valence-electron chi connectivity index (χ2n) is 8.08. The number of unbranched alkanes of at least 4 members (excludes halogenated alkanes) is 1. The second-order valence-corrected chi connectivity index (χ2v) is 8.08. The third kappa shape index (κ3) is 6.65. The van der Waals surface area contributed by atoms with Crippen LogP contribution >= 0.6 is 0 Å². The Morgan fingerprint density at radius 3 is 2.73 bits per heavy atom. The zero-order valence-electron chi connectivity index (χ0n) is 18.4. The highest BCUT2D eigenvalue weighted by molar-refractivity contribution is 5.79. The molecule has 0 bridgehead atoms. The fraction of sp³-hybridized carbons (Fsp3) is 0.500. The van der Waals surface area contributed by atoms with Gasteiger partial charge in [0.15, 0.2) is 5.96 Å². The SMILES string of the molecule is CN=C(NCCCCn1c(C)cccc1=O)NCc1ccc(C)cc1OCC1CC1. The lowest BCUT2D eigenvalue weighted by Crippen LogP contribution is -2.37. The van der Waals surface area contributed by atoms with Crippen molar-refractivity contribution < 1.29 is 4.74 Å². The molecule has 1 aliphatic rings. The number of aliphatic imine (C=N–C) groups is 1. The van der Waals surface area contributed by atoms with Gasteiger partial charge in [0.1, 0.15) is 5.75 Å². The number of pyridine rings is 1. The predicted molar refractivity (Wildman–Crippen MR) is 122 cm³/mol. The van der Waals surface area contributed by atoms with Crippen molar-refractivity contribution in [2.24, 2.45) is 10.9 Å². The van der Waals surface area contributed by atoms with Crippen LogP contribution in [-0.2, 0) is 13.1 Å². The highest BCUT2D eigenvalue weighted by Crippen LogP contribution is 2.30. The van der Waals surface area contributed by atoms with Crippen LogP contribution in [0.3, 0.4) is 0 Å². The van der Waals surface area contributed by atoms with Crippen molar-refractivity contribution in [2.75, 3.05) is 20.2 Å². The quantitative estimate of drug-likeness (QED) is 0.358. The molecule has 1 saturated carbocycles. The number of hydrogen-bond donors (Lipinski definition) is 2. The molecular formula is C24H34N4O2. The molecule has 2 aromatic rings. The zero-order valence-corrected chi connectivity index (χ0v) is 18.4. The standard InChI is InChI=1S/C24H34N4O2/c1-18-9-12-21(22(15-18)30-17-20-10-11-20)16-27-24(25-3)26-13-4-5-14-28-19(2)7-6-8-23(28)29/h6-9,12,15,20H,4-5,10-11,13-14,16-17H2,1-3H3,(H2,25,26,27). The molecule has 0 radical (unpaired) electrons. The molecule has 1 aromatic carbocycles. The van der Waals surface area contributed by atoms with E-state index in [0.29, 0.717) is 6.54 Å². The summed E-state index contributed by atoms with van der Waals surface area (Å²) in [6.07, 6.45) is 4.47.